The van der Waals surface area contributed by atoms with Crippen LogP contribution in [0.25, 0.3) is 0 Å². The summed E-state index contributed by atoms with van der Waals surface area (Å²) in [4.78, 5) is 4.46. The van der Waals surface area contributed by atoms with Crippen molar-refractivity contribution in [2.24, 2.45) is 4.99 Å². The summed E-state index contributed by atoms with van der Waals surface area (Å²) in [5, 5.41) is 0. The van der Waals surface area contributed by atoms with Gasteiger partial charge in [-0.25, -0.2) is 0 Å². The molecule has 0 aromatic heterocycles. The molecule has 1 aliphatic rings. The van der Waals surface area contributed by atoms with Crippen LogP contribution in [0, 0.1) is 0 Å². The van der Waals surface area contributed by atoms with Gasteiger partial charge in [0.05, 0.1) is 11.4 Å². The summed E-state index contributed by atoms with van der Waals surface area (Å²) in [5.74, 6) is 0. The Morgan fingerprint density at radius 3 is 3.00 bits per heavy atom. The fraction of sp³-hybridized carbons (Fsp3) is 0.300. The number of anilines is 1. The second-order valence-electron chi connectivity index (χ2n) is 3.06. The lowest BCUT2D eigenvalue weighted by Gasteiger charge is -1.98. The highest BCUT2D eigenvalue weighted by atomic mass is 14.8. The number of hydrogen-bond donors (Lipinski definition) is 1. The highest BCUT2D eigenvalue weighted by molar-refractivity contribution is 5.96. The van der Waals surface area contributed by atoms with Gasteiger partial charge in [-0.1, -0.05) is 19.1 Å². The van der Waals surface area contributed by atoms with Gasteiger partial charge >= 0.3 is 0 Å². The van der Waals surface area contributed by atoms with Gasteiger partial charge in [-0.3, -0.25) is 4.99 Å². The first-order chi connectivity index (χ1) is 5.81. The van der Waals surface area contributed by atoms with Crippen LogP contribution in [0.4, 0.5) is 11.4 Å². The van der Waals surface area contributed by atoms with E-state index in [0.717, 1.165) is 24.2 Å². The fourth-order valence-electron chi connectivity index (χ4n) is 1.51. The van der Waals surface area contributed by atoms with Gasteiger partial charge in [-0.05, 0) is 18.1 Å². The van der Waals surface area contributed by atoms with E-state index >= 15 is 0 Å². The lowest BCUT2D eigenvalue weighted by molar-refractivity contribution is 1.22. The third-order valence-corrected chi connectivity index (χ3v) is 2.22. The van der Waals surface area contributed by atoms with Crippen LogP contribution < -0.4 is 5.73 Å². The Morgan fingerprint density at radius 1 is 1.50 bits per heavy atom. The summed E-state index contributed by atoms with van der Waals surface area (Å²) in [6.07, 6.45) is 2.00. The lowest BCUT2D eigenvalue weighted by atomic mass is 10.1. The standard InChI is InChI=1S/C10H12N2/c1-2-8-6-7-4-3-5-9(11)10(7)12-8/h3-5H,2,6,11H2,1H3. The Labute approximate surface area is 72.1 Å². The van der Waals surface area contributed by atoms with Crippen molar-refractivity contribution in [2.45, 2.75) is 19.8 Å². The summed E-state index contributed by atoms with van der Waals surface area (Å²) in [7, 11) is 0. The molecule has 0 saturated heterocycles. The number of para-hydroxylation sites is 1. The van der Waals surface area contributed by atoms with Crippen molar-refractivity contribution in [1.29, 1.82) is 0 Å². The normalized spacial score (nSPS) is 14.2. The molecule has 12 heavy (non-hydrogen) atoms. The lowest BCUT2D eigenvalue weighted by Crippen LogP contribution is -1.93. The first-order valence-corrected chi connectivity index (χ1v) is 4.25. The van der Waals surface area contributed by atoms with E-state index in [1.165, 1.54) is 11.3 Å². The molecule has 0 aliphatic carbocycles. The summed E-state index contributed by atoms with van der Waals surface area (Å²) < 4.78 is 0. The predicted molar refractivity (Wildman–Crippen MR) is 51.9 cm³/mol. The maximum atomic E-state index is 5.78. The average molecular weight is 160 g/mol. The van der Waals surface area contributed by atoms with Crippen molar-refractivity contribution >= 4 is 17.1 Å². The Hall–Kier alpha value is -1.31. The van der Waals surface area contributed by atoms with Crippen LogP contribution in [0.3, 0.4) is 0 Å². The van der Waals surface area contributed by atoms with Gasteiger partial charge < -0.3 is 5.73 Å². The largest absolute Gasteiger partial charge is 0.397 e. The molecule has 0 unspecified atom stereocenters. The average Bonchev–Trinajstić information content (AvgIpc) is 2.49. The number of nitrogens with zero attached hydrogens (tertiary/aromatic N) is 1. The molecular formula is C10H12N2. The first kappa shape index (κ1) is 7.35. The third-order valence-electron chi connectivity index (χ3n) is 2.22. The predicted octanol–water partition coefficient (Wildman–Crippen LogP) is 2.31. The minimum absolute atomic E-state index is 0.802. The first-order valence-electron chi connectivity index (χ1n) is 4.25. The van der Waals surface area contributed by atoms with Crippen LogP contribution >= 0.6 is 0 Å². The van der Waals surface area contributed by atoms with E-state index in [1.807, 2.05) is 12.1 Å². The molecule has 1 aliphatic heterocycles. The Morgan fingerprint density at radius 2 is 2.33 bits per heavy atom. The zero-order valence-electron chi connectivity index (χ0n) is 7.17. The quantitative estimate of drug-likeness (QED) is 0.629. The molecule has 0 atom stereocenters. The molecule has 62 valence electrons. The molecule has 0 fully saturated rings. The molecule has 0 saturated carbocycles. The van der Waals surface area contributed by atoms with Crippen molar-refractivity contribution in [1.82, 2.24) is 0 Å². The van der Waals surface area contributed by atoms with Crippen molar-refractivity contribution < 1.29 is 0 Å². The van der Waals surface area contributed by atoms with E-state index in [2.05, 4.69) is 18.0 Å². The van der Waals surface area contributed by atoms with Crippen LogP contribution in [0.1, 0.15) is 18.9 Å². The Kier molecular flexibility index (Phi) is 1.61. The second-order valence-corrected chi connectivity index (χ2v) is 3.06. The van der Waals surface area contributed by atoms with Gasteiger partial charge in [0.1, 0.15) is 0 Å². The second kappa shape index (κ2) is 2.63. The zero-order valence-corrected chi connectivity index (χ0v) is 7.17. The van der Waals surface area contributed by atoms with Gasteiger partial charge in [0.2, 0.25) is 0 Å². The molecule has 1 aromatic rings. The maximum absolute atomic E-state index is 5.78. The molecule has 0 radical (unpaired) electrons. The molecule has 0 amide bonds. The fourth-order valence-corrected chi connectivity index (χ4v) is 1.51. The van der Waals surface area contributed by atoms with E-state index in [1.54, 1.807) is 0 Å². The minimum atomic E-state index is 0.802. The van der Waals surface area contributed by atoms with Crippen LogP contribution in [0.5, 0.6) is 0 Å². The number of rotatable bonds is 1. The van der Waals surface area contributed by atoms with Crippen molar-refractivity contribution in [3.8, 4) is 0 Å². The maximum Gasteiger partial charge on any atom is 0.0894 e. The summed E-state index contributed by atoms with van der Waals surface area (Å²) in [5.41, 5.74) is 10.1. The smallest absolute Gasteiger partial charge is 0.0894 e. The van der Waals surface area contributed by atoms with E-state index in [-0.39, 0.29) is 0 Å². The number of benzene rings is 1. The number of nitrogen functional groups attached to an aromatic ring is 1. The number of fused-ring (bicyclic) bond motifs is 1. The Bertz CT molecular complexity index is 340. The molecule has 2 heteroatoms. The zero-order chi connectivity index (χ0) is 8.55. The topological polar surface area (TPSA) is 38.4 Å². The van der Waals surface area contributed by atoms with Gasteiger partial charge in [0.25, 0.3) is 0 Å². The van der Waals surface area contributed by atoms with E-state index in [0.29, 0.717) is 0 Å². The van der Waals surface area contributed by atoms with Gasteiger partial charge in [-0.2, -0.15) is 0 Å². The van der Waals surface area contributed by atoms with Gasteiger partial charge in [0.15, 0.2) is 0 Å². The molecular weight excluding hydrogens is 148 g/mol. The van der Waals surface area contributed by atoms with Gasteiger partial charge in [-0.15, -0.1) is 0 Å². The SMILES string of the molecule is CCC1=Nc2c(N)cccc2C1. The van der Waals surface area contributed by atoms with E-state index in [9.17, 15) is 0 Å². The van der Waals surface area contributed by atoms with Crippen LogP contribution in [-0.2, 0) is 6.42 Å². The highest BCUT2D eigenvalue weighted by Crippen LogP contribution is 2.32. The number of nitrogens with two attached hydrogens (primary N) is 1. The van der Waals surface area contributed by atoms with Crippen LogP contribution in [0.15, 0.2) is 23.2 Å². The molecule has 2 nitrogen and oxygen atoms in total. The summed E-state index contributed by atoms with van der Waals surface area (Å²) in [6, 6.07) is 5.99. The summed E-state index contributed by atoms with van der Waals surface area (Å²) >= 11 is 0. The molecule has 0 spiro atoms. The highest BCUT2D eigenvalue weighted by Gasteiger charge is 2.14. The molecule has 2 N–H and O–H groups in total. The Balaban J connectivity index is 2.48. The number of hydrogen-bond acceptors (Lipinski definition) is 2. The molecule has 2 rings (SSSR count). The van der Waals surface area contributed by atoms with Crippen molar-refractivity contribution in [3.05, 3.63) is 23.8 Å². The molecule has 1 aromatic carbocycles. The molecule has 1 heterocycles. The van der Waals surface area contributed by atoms with Gasteiger partial charge in [0, 0.05) is 12.1 Å². The van der Waals surface area contributed by atoms with Crippen molar-refractivity contribution in [3.63, 3.8) is 0 Å². The van der Waals surface area contributed by atoms with Crippen molar-refractivity contribution in [2.75, 3.05) is 5.73 Å². The van der Waals surface area contributed by atoms with E-state index in [4.69, 9.17) is 5.73 Å². The van der Waals surface area contributed by atoms with E-state index < -0.39 is 0 Å². The van der Waals surface area contributed by atoms with Crippen LogP contribution in [0.2, 0.25) is 0 Å². The third kappa shape index (κ3) is 0.998. The van der Waals surface area contributed by atoms with Crippen LogP contribution in [-0.4, -0.2) is 5.71 Å². The minimum Gasteiger partial charge on any atom is -0.397 e. The molecule has 0 bridgehead atoms. The summed E-state index contributed by atoms with van der Waals surface area (Å²) in [6.45, 7) is 2.13. The monoisotopic (exact) mass is 160 g/mol. The number of aliphatic imine (C=N–C) groups is 1.